The van der Waals surface area contributed by atoms with Gasteiger partial charge in [0.2, 0.25) is 0 Å². The minimum absolute atomic E-state index is 0.0599. The molecule has 1 aromatic heterocycles. The number of hydrogen-bond acceptors (Lipinski definition) is 4. The van der Waals surface area contributed by atoms with Crippen molar-refractivity contribution in [2.75, 3.05) is 6.54 Å². The molecular weight excluding hydrogens is 318 g/mol. The van der Waals surface area contributed by atoms with Crippen LogP contribution in [0.5, 0.6) is 0 Å². The van der Waals surface area contributed by atoms with Crippen molar-refractivity contribution in [1.29, 1.82) is 0 Å². The molecule has 0 saturated heterocycles. The average molecular weight is 335 g/mol. The van der Waals surface area contributed by atoms with Gasteiger partial charge >= 0.3 is 5.97 Å². The Morgan fingerprint density at radius 3 is 2.70 bits per heavy atom. The molecule has 2 heterocycles. The molecule has 122 valence electrons. The van der Waals surface area contributed by atoms with E-state index in [9.17, 15) is 18.3 Å². The van der Waals surface area contributed by atoms with Gasteiger partial charge in [0.1, 0.15) is 0 Å². The van der Waals surface area contributed by atoms with E-state index in [1.807, 2.05) is 6.07 Å². The molecule has 2 aromatic rings. The molecule has 3 rings (SSSR count). The van der Waals surface area contributed by atoms with Crippen LogP contribution in [0.15, 0.2) is 29.3 Å². The third-order valence-electron chi connectivity index (χ3n) is 4.03. The van der Waals surface area contributed by atoms with E-state index < -0.39 is 16.0 Å². The second-order valence-corrected chi connectivity index (χ2v) is 7.47. The van der Waals surface area contributed by atoms with Crippen molar-refractivity contribution in [3.63, 3.8) is 0 Å². The number of aromatic nitrogens is 2. The molecule has 0 fully saturated rings. The smallest absolute Gasteiger partial charge is 0.336 e. The van der Waals surface area contributed by atoms with Gasteiger partial charge in [0.05, 0.1) is 11.3 Å². The van der Waals surface area contributed by atoms with Crippen LogP contribution >= 0.6 is 0 Å². The van der Waals surface area contributed by atoms with E-state index in [4.69, 9.17) is 0 Å². The number of aryl methyl sites for hydroxylation is 2. The Kier molecular flexibility index (Phi) is 3.73. The van der Waals surface area contributed by atoms with Crippen molar-refractivity contribution in [2.24, 2.45) is 7.05 Å². The molecule has 0 radical (unpaired) electrons. The molecule has 0 saturated carbocycles. The summed E-state index contributed by atoms with van der Waals surface area (Å²) in [6.45, 7) is 2.11. The highest BCUT2D eigenvalue weighted by molar-refractivity contribution is 7.89. The Hall–Kier alpha value is -2.19. The number of nitrogens with zero attached hydrogens (tertiary/aromatic N) is 3. The van der Waals surface area contributed by atoms with Gasteiger partial charge in [-0.2, -0.15) is 9.40 Å². The lowest BCUT2D eigenvalue weighted by Gasteiger charge is -2.28. The van der Waals surface area contributed by atoms with Gasteiger partial charge in [0.15, 0.2) is 5.03 Å². The van der Waals surface area contributed by atoms with Crippen molar-refractivity contribution in [1.82, 2.24) is 14.1 Å². The minimum atomic E-state index is -3.72. The normalized spacial score (nSPS) is 15.4. The number of benzene rings is 1. The second-order valence-electron chi connectivity index (χ2n) is 5.58. The highest BCUT2D eigenvalue weighted by Crippen LogP contribution is 2.27. The Morgan fingerprint density at radius 1 is 1.35 bits per heavy atom. The Balaban J connectivity index is 2.02. The molecule has 0 atom stereocenters. The summed E-state index contributed by atoms with van der Waals surface area (Å²) in [5, 5.41) is 13.5. The van der Waals surface area contributed by atoms with Gasteiger partial charge in [-0.05, 0) is 36.6 Å². The van der Waals surface area contributed by atoms with Crippen molar-refractivity contribution in [2.45, 2.75) is 24.9 Å². The van der Waals surface area contributed by atoms with Gasteiger partial charge in [-0.1, -0.05) is 12.1 Å². The zero-order valence-electron chi connectivity index (χ0n) is 12.9. The van der Waals surface area contributed by atoms with Gasteiger partial charge in [-0.25, -0.2) is 13.2 Å². The standard InChI is InChI=1S/C15H17N3O4S/c1-10-8-14(17(2)16-10)23(21,22)18-7-6-11-4-3-5-12(15(19)20)13(11)9-18/h3-5,8H,6-7,9H2,1-2H3,(H,19,20). The van der Waals surface area contributed by atoms with E-state index in [2.05, 4.69) is 5.10 Å². The summed E-state index contributed by atoms with van der Waals surface area (Å²) >= 11 is 0. The van der Waals surface area contributed by atoms with Crippen molar-refractivity contribution in [3.8, 4) is 0 Å². The van der Waals surface area contributed by atoms with E-state index in [-0.39, 0.29) is 17.1 Å². The molecule has 1 aromatic carbocycles. The van der Waals surface area contributed by atoms with Crippen LogP contribution in [-0.2, 0) is 30.0 Å². The van der Waals surface area contributed by atoms with Gasteiger partial charge in [0.25, 0.3) is 10.0 Å². The predicted octanol–water partition coefficient (Wildman–Crippen LogP) is 1.17. The average Bonchev–Trinajstić information content (AvgIpc) is 2.85. The molecule has 0 aliphatic carbocycles. The number of carbonyl (C=O) groups is 1. The van der Waals surface area contributed by atoms with Crippen LogP contribution in [0, 0.1) is 6.92 Å². The zero-order chi connectivity index (χ0) is 16.8. The Labute approximate surface area is 134 Å². The summed E-state index contributed by atoms with van der Waals surface area (Å²) in [6.07, 6.45) is 0.493. The maximum Gasteiger partial charge on any atom is 0.336 e. The molecule has 1 N–H and O–H groups in total. The summed E-state index contributed by atoms with van der Waals surface area (Å²) in [7, 11) is -2.13. The van der Waals surface area contributed by atoms with Crippen LogP contribution in [-0.4, -0.2) is 40.1 Å². The summed E-state index contributed by atoms with van der Waals surface area (Å²) < 4.78 is 28.3. The Bertz CT molecular complexity index is 886. The van der Waals surface area contributed by atoms with Crippen LogP contribution in [0.25, 0.3) is 0 Å². The van der Waals surface area contributed by atoms with Crippen molar-refractivity contribution < 1.29 is 18.3 Å². The quantitative estimate of drug-likeness (QED) is 0.909. The number of carboxylic acids is 1. The summed E-state index contributed by atoms with van der Waals surface area (Å²) in [5.41, 5.74) is 2.23. The fourth-order valence-electron chi connectivity index (χ4n) is 2.92. The molecule has 0 spiro atoms. The van der Waals surface area contributed by atoms with E-state index >= 15 is 0 Å². The second kappa shape index (κ2) is 5.47. The highest BCUT2D eigenvalue weighted by Gasteiger charge is 2.32. The first-order chi connectivity index (χ1) is 10.8. The van der Waals surface area contributed by atoms with Gasteiger partial charge in [-0.3, -0.25) is 4.68 Å². The van der Waals surface area contributed by atoms with Crippen molar-refractivity contribution >= 4 is 16.0 Å². The van der Waals surface area contributed by atoms with E-state index in [1.54, 1.807) is 20.0 Å². The highest BCUT2D eigenvalue weighted by atomic mass is 32.2. The first-order valence-electron chi connectivity index (χ1n) is 7.15. The Morgan fingerprint density at radius 2 is 2.09 bits per heavy atom. The van der Waals surface area contributed by atoms with Crippen LogP contribution < -0.4 is 0 Å². The molecule has 23 heavy (non-hydrogen) atoms. The maximum absolute atomic E-state index is 12.8. The first-order valence-corrected chi connectivity index (χ1v) is 8.59. The molecule has 0 amide bonds. The topological polar surface area (TPSA) is 92.5 Å². The molecule has 0 unspecified atom stereocenters. The van der Waals surface area contributed by atoms with Gasteiger partial charge in [0, 0.05) is 20.1 Å². The molecule has 7 nitrogen and oxygen atoms in total. The molecule has 1 aliphatic rings. The van der Waals surface area contributed by atoms with Gasteiger partial charge < -0.3 is 5.11 Å². The SMILES string of the molecule is Cc1cc(S(=O)(=O)N2CCc3cccc(C(=O)O)c3C2)n(C)n1. The number of rotatable bonds is 3. The monoisotopic (exact) mass is 335 g/mol. The van der Waals surface area contributed by atoms with Crippen LogP contribution in [0.4, 0.5) is 0 Å². The van der Waals surface area contributed by atoms with Crippen LogP contribution in [0.3, 0.4) is 0 Å². The lowest BCUT2D eigenvalue weighted by atomic mass is 9.96. The fourth-order valence-corrected chi connectivity index (χ4v) is 4.51. The maximum atomic E-state index is 12.8. The largest absolute Gasteiger partial charge is 0.478 e. The van der Waals surface area contributed by atoms with E-state index in [0.717, 1.165) is 5.56 Å². The summed E-state index contributed by atoms with van der Waals surface area (Å²) in [6, 6.07) is 6.57. The minimum Gasteiger partial charge on any atom is -0.478 e. The van der Waals surface area contributed by atoms with E-state index in [1.165, 1.54) is 21.1 Å². The van der Waals surface area contributed by atoms with Crippen molar-refractivity contribution in [3.05, 3.63) is 46.6 Å². The number of carboxylic acid groups (broad SMARTS) is 1. The summed E-state index contributed by atoms with van der Waals surface area (Å²) in [4.78, 5) is 11.4. The van der Waals surface area contributed by atoms with Gasteiger partial charge in [-0.15, -0.1) is 0 Å². The number of sulfonamides is 1. The molecule has 0 bridgehead atoms. The van der Waals surface area contributed by atoms with Crippen LogP contribution in [0.1, 0.15) is 27.2 Å². The fraction of sp³-hybridized carbons (Fsp3) is 0.333. The number of aromatic carboxylic acids is 1. The third kappa shape index (κ3) is 2.64. The summed E-state index contributed by atoms with van der Waals surface area (Å²) in [5.74, 6) is -1.04. The van der Waals surface area contributed by atoms with Crippen LogP contribution in [0.2, 0.25) is 0 Å². The number of fused-ring (bicyclic) bond motifs is 1. The molecule has 8 heteroatoms. The zero-order valence-corrected chi connectivity index (χ0v) is 13.7. The third-order valence-corrected chi connectivity index (χ3v) is 5.93. The first kappa shape index (κ1) is 15.7. The molecule has 1 aliphatic heterocycles. The molecular formula is C15H17N3O4S. The van der Waals surface area contributed by atoms with E-state index in [0.29, 0.717) is 24.2 Å². The lowest BCUT2D eigenvalue weighted by molar-refractivity contribution is 0.0694. The number of hydrogen-bond donors (Lipinski definition) is 1. The lowest BCUT2D eigenvalue weighted by Crippen LogP contribution is -2.37. The predicted molar refractivity (Wildman–Crippen MR) is 82.6 cm³/mol.